The Morgan fingerprint density at radius 1 is 1.59 bits per heavy atom. The van der Waals surface area contributed by atoms with Crippen LogP contribution in [0.5, 0.6) is 5.75 Å². The van der Waals surface area contributed by atoms with Crippen LogP contribution < -0.4 is 4.74 Å². The van der Waals surface area contributed by atoms with Gasteiger partial charge in [0.2, 0.25) is 0 Å². The molecule has 1 aromatic heterocycles. The number of nitro groups is 1. The second-order valence-corrected chi connectivity index (χ2v) is 3.54. The molecule has 2 rings (SSSR count). The molecule has 8 heteroatoms. The molecule has 1 N–H and O–H groups in total. The first-order valence-electron chi connectivity index (χ1n) is 4.81. The normalized spacial score (nSPS) is 15.2. The van der Waals surface area contributed by atoms with Gasteiger partial charge in [0.15, 0.2) is 11.9 Å². The van der Waals surface area contributed by atoms with Crippen molar-refractivity contribution in [2.45, 2.75) is 6.10 Å². The minimum atomic E-state index is -0.980. The number of ether oxygens (including phenoxy) is 1. The summed E-state index contributed by atoms with van der Waals surface area (Å²) in [5.74, 6) is 0.142. The highest BCUT2D eigenvalue weighted by atomic mass is 16.6. The van der Waals surface area contributed by atoms with Crippen molar-refractivity contribution in [1.29, 1.82) is 0 Å². The van der Waals surface area contributed by atoms with Gasteiger partial charge in [-0.2, -0.15) is 0 Å². The van der Waals surface area contributed by atoms with Gasteiger partial charge in [-0.3, -0.25) is 0 Å². The third-order valence-corrected chi connectivity index (χ3v) is 2.33. The van der Waals surface area contributed by atoms with Gasteiger partial charge >= 0.3 is 11.9 Å². The number of carboxylic acid groups (broad SMARTS) is 1. The van der Waals surface area contributed by atoms with Crippen molar-refractivity contribution in [3.8, 4) is 5.75 Å². The summed E-state index contributed by atoms with van der Waals surface area (Å²) in [6.45, 7) is 0.596. The second kappa shape index (κ2) is 4.24. The first-order valence-corrected chi connectivity index (χ1v) is 4.81. The Labute approximate surface area is 95.6 Å². The molecule has 1 fully saturated rings. The van der Waals surface area contributed by atoms with E-state index in [0.29, 0.717) is 18.8 Å². The smallest absolute Gasteiger partial charge is 0.407 e. The van der Waals surface area contributed by atoms with E-state index in [2.05, 4.69) is 4.98 Å². The fourth-order valence-electron chi connectivity index (χ4n) is 1.41. The third kappa shape index (κ3) is 2.41. The van der Waals surface area contributed by atoms with Crippen LogP contribution >= 0.6 is 0 Å². The summed E-state index contributed by atoms with van der Waals surface area (Å²) in [6.07, 6.45) is 0.0581. The molecule has 0 spiro atoms. The minimum absolute atomic E-state index is 0.214. The summed E-state index contributed by atoms with van der Waals surface area (Å²) < 4.78 is 5.38. The zero-order chi connectivity index (χ0) is 12.4. The summed E-state index contributed by atoms with van der Waals surface area (Å²) in [6, 6.07) is 2.68. The van der Waals surface area contributed by atoms with E-state index in [1.165, 1.54) is 23.2 Å². The molecular formula is C9H9N3O5. The fourth-order valence-corrected chi connectivity index (χ4v) is 1.41. The van der Waals surface area contributed by atoms with Crippen molar-refractivity contribution in [2.75, 3.05) is 13.1 Å². The Balaban J connectivity index is 1.88. The molecule has 0 aliphatic carbocycles. The molecule has 1 saturated heterocycles. The third-order valence-electron chi connectivity index (χ3n) is 2.33. The predicted molar refractivity (Wildman–Crippen MR) is 54.9 cm³/mol. The average molecular weight is 239 g/mol. The molecule has 0 aromatic carbocycles. The Hall–Kier alpha value is -2.38. The molecule has 90 valence electrons. The Morgan fingerprint density at radius 2 is 2.29 bits per heavy atom. The summed E-state index contributed by atoms with van der Waals surface area (Å²) in [5.41, 5.74) is 0. The second-order valence-electron chi connectivity index (χ2n) is 3.54. The highest BCUT2D eigenvalue weighted by molar-refractivity contribution is 5.66. The van der Waals surface area contributed by atoms with Crippen molar-refractivity contribution >= 4 is 11.9 Å². The monoisotopic (exact) mass is 239 g/mol. The molecule has 0 unspecified atom stereocenters. The molecule has 0 bridgehead atoms. The van der Waals surface area contributed by atoms with Gasteiger partial charge in [-0.05, 0) is 16.0 Å². The minimum Gasteiger partial charge on any atom is -0.483 e. The molecule has 0 atom stereocenters. The van der Waals surface area contributed by atoms with Crippen LogP contribution in [0.3, 0.4) is 0 Å². The molecule has 8 nitrogen and oxygen atoms in total. The van der Waals surface area contributed by atoms with E-state index in [1.54, 1.807) is 0 Å². The molecule has 1 aliphatic rings. The number of rotatable bonds is 3. The summed E-state index contributed by atoms with van der Waals surface area (Å²) in [4.78, 5) is 25.0. The van der Waals surface area contributed by atoms with Crippen LogP contribution in [-0.2, 0) is 0 Å². The van der Waals surface area contributed by atoms with Gasteiger partial charge < -0.3 is 24.9 Å². The Morgan fingerprint density at radius 3 is 2.76 bits per heavy atom. The number of hydrogen-bond donors (Lipinski definition) is 1. The van der Waals surface area contributed by atoms with Crippen LogP contribution in [0.2, 0.25) is 0 Å². The van der Waals surface area contributed by atoms with Gasteiger partial charge in [-0.25, -0.2) is 4.79 Å². The lowest BCUT2D eigenvalue weighted by Gasteiger charge is -2.36. The first kappa shape index (κ1) is 11.1. The maximum absolute atomic E-state index is 10.5. The number of nitrogens with zero attached hydrogens (tertiary/aromatic N) is 3. The number of carbonyl (C=O) groups is 1. The van der Waals surface area contributed by atoms with Crippen LogP contribution in [0.15, 0.2) is 18.3 Å². The lowest BCUT2D eigenvalue weighted by Crippen LogP contribution is -2.55. The highest BCUT2D eigenvalue weighted by Gasteiger charge is 2.32. The van der Waals surface area contributed by atoms with Crippen LogP contribution in [0, 0.1) is 10.1 Å². The van der Waals surface area contributed by atoms with E-state index < -0.39 is 11.0 Å². The zero-order valence-electron chi connectivity index (χ0n) is 8.65. The van der Waals surface area contributed by atoms with E-state index in [0.717, 1.165) is 0 Å². The summed E-state index contributed by atoms with van der Waals surface area (Å²) in [5, 5.41) is 18.9. The van der Waals surface area contributed by atoms with Gasteiger partial charge in [-0.15, -0.1) is 0 Å². The Bertz CT molecular complexity index is 440. The van der Waals surface area contributed by atoms with Crippen molar-refractivity contribution in [2.24, 2.45) is 0 Å². The van der Waals surface area contributed by atoms with E-state index >= 15 is 0 Å². The van der Waals surface area contributed by atoms with E-state index in [1.807, 2.05) is 0 Å². The lowest BCUT2D eigenvalue weighted by atomic mass is 10.2. The maximum Gasteiger partial charge on any atom is 0.407 e. The number of likely N-dealkylation sites (tertiary alicyclic amines) is 1. The summed E-state index contributed by atoms with van der Waals surface area (Å²) in [7, 11) is 0. The maximum atomic E-state index is 10.5. The van der Waals surface area contributed by atoms with Gasteiger partial charge in [-0.1, -0.05) is 0 Å². The molecule has 1 aliphatic heterocycles. The fraction of sp³-hybridized carbons (Fsp3) is 0.333. The Kier molecular flexibility index (Phi) is 2.77. The van der Waals surface area contributed by atoms with Crippen LogP contribution in [-0.4, -0.2) is 45.2 Å². The largest absolute Gasteiger partial charge is 0.483 e. The zero-order valence-corrected chi connectivity index (χ0v) is 8.65. The highest BCUT2D eigenvalue weighted by Crippen LogP contribution is 2.19. The average Bonchev–Trinajstić information content (AvgIpc) is 2.23. The molecule has 1 amide bonds. The van der Waals surface area contributed by atoms with Crippen LogP contribution in [0.25, 0.3) is 0 Å². The van der Waals surface area contributed by atoms with Crippen molar-refractivity contribution in [1.82, 2.24) is 9.88 Å². The first-order chi connectivity index (χ1) is 8.06. The van der Waals surface area contributed by atoms with Crippen LogP contribution in [0.4, 0.5) is 10.6 Å². The standard InChI is InChI=1S/C9H9N3O5/c13-9(14)11-4-7(5-11)17-6-1-2-8(10-3-6)12(15)16/h1-3,7H,4-5H2,(H,13,14). The number of hydrogen-bond acceptors (Lipinski definition) is 5. The summed E-state index contributed by atoms with van der Waals surface area (Å²) >= 11 is 0. The molecular weight excluding hydrogens is 230 g/mol. The van der Waals surface area contributed by atoms with Gasteiger partial charge in [0, 0.05) is 6.07 Å². The van der Waals surface area contributed by atoms with Crippen molar-refractivity contribution in [3.05, 3.63) is 28.4 Å². The number of aromatic nitrogens is 1. The van der Waals surface area contributed by atoms with Crippen molar-refractivity contribution < 1.29 is 19.6 Å². The van der Waals surface area contributed by atoms with E-state index in [9.17, 15) is 14.9 Å². The molecule has 0 saturated carbocycles. The van der Waals surface area contributed by atoms with E-state index in [-0.39, 0.29) is 11.9 Å². The van der Waals surface area contributed by atoms with Crippen molar-refractivity contribution in [3.63, 3.8) is 0 Å². The molecule has 1 aromatic rings. The van der Waals surface area contributed by atoms with Crippen LogP contribution in [0.1, 0.15) is 0 Å². The van der Waals surface area contributed by atoms with Gasteiger partial charge in [0.25, 0.3) is 0 Å². The quantitative estimate of drug-likeness (QED) is 0.615. The number of amides is 1. The SMILES string of the molecule is O=C(O)N1CC(Oc2ccc([N+](=O)[O-])nc2)C1. The van der Waals surface area contributed by atoms with E-state index in [4.69, 9.17) is 9.84 Å². The molecule has 0 radical (unpaired) electrons. The van der Waals surface area contributed by atoms with Gasteiger partial charge in [0.1, 0.15) is 6.10 Å². The predicted octanol–water partition coefficient (Wildman–Crippen LogP) is 0.731. The lowest BCUT2D eigenvalue weighted by molar-refractivity contribution is -0.389. The number of pyridine rings is 1. The topological polar surface area (TPSA) is 106 Å². The molecule has 2 heterocycles. The molecule has 17 heavy (non-hydrogen) atoms. The van der Waals surface area contributed by atoms with Gasteiger partial charge in [0.05, 0.1) is 13.1 Å².